The van der Waals surface area contributed by atoms with Crippen LogP contribution in [0.4, 0.5) is 4.39 Å². The van der Waals surface area contributed by atoms with Gasteiger partial charge in [-0.05, 0) is 62.9 Å². The summed E-state index contributed by atoms with van der Waals surface area (Å²) in [6, 6.07) is 6.08. The molecule has 2 heterocycles. The summed E-state index contributed by atoms with van der Waals surface area (Å²) in [6.07, 6.45) is -0.251. The zero-order valence-corrected chi connectivity index (χ0v) is 24.0. The summed E-state index contributed by atoms with van der Waals surface area (Å²) in [7, 11) is 0. The molecule has 1 aromatic carbocycles. The fourth-order valence-corrected chi connectivity index (χ4v) is 5.63. The number of carbonyl (C=O) groups excluding carboxylic acids is 2. The number of nitriles is 1. The van der Waals surface area contributed by atoms with Gasteiger partial charge in [0.25, 0.3) is 5.56 Å². The summed E-state index contributed by atoms with van der Waals surface area (Å²) in [4.78, 5) is 53.0. The highest BCUT2D eigenvalue weighted by molar-refractivity contribution is 7.20. The maximum Gasteiger partial charge on any atom is 0.348 e. The molecule has 2 aromatic heterocycles. The molecular weight excluding hydrogens is 539 g/mol. The van der Waals surface area contributed by atoms with Gasteiger partial charge in [0, 0.05) is 6.04 Å². The van der Waals surface area contributed by atoms with Gasteiger partial charge in [-0.2, -0.15) is 5.26 Å². The van der Waals surface area contributed by atoms with Crippen molar-refractivity contribution in [3.05, 3.63) is 66.4 Å². The number of aryl methyl sites for hydroxylation is 2. The molecule has 0 aliphatic rings. The van der Waals surface area contributed by atoms with Gasteiger partial charge in [-0.15, -0.1) is 11.3 Å². The second kappa shape index (κ2) is 13.5. The Morgan fingerprint density at radius 1 is 1.20 bits per heavy atom. The molecule has 0 spiro atoms. The fraction of sp³-hybridized carbons (Fsp3) is 0.464. The van der Waals surface area contributed by atoms with Gasteiger partial charge in [-0.3, -0.25) is 18.7 Å². The zero-order valence-electron chi connectivity index (χ0n) is 23.2. The minimum atomic E-state index is -0.871. The smallest absolute Gasteiger partial charge is 0.348 e. The van der Waals surface area contributed by atoms with E-state index in [1.807, 2.05) is 13.0 Å². The van der Waals surface area contributed by atoms with E-state index in [9.17, 15) is 23.6 Å². The normalized spacial score (nSPS) is 11.9. The number of nitrogens with one attached hydrogen (secondary N) is 1. The summed E-state index contributed by atoms with van der Waals surface area (Å²) in [5.74, 6) is -1.66. The summed E-state index contributed by atoms with van der Waals surface area (Å²) in [5, 5.41) is 11.8. The molecule has 1 atom stereocenters. The van der Waals surface area contributed by atoms with E-state index in [1.54, 1.807) is 33.8 Å². The number of esters is 1. The molecule has 0 aliphatic heterocycles. The number of ether oxygens (including phenoxy) is 2. The van der Waals surface area contributed by atoms with E-state index in [0.717, 1.165) is 21.5 Å². The molecule has 3 rings (SSSR count). The van der Waals surface area contributed by atoms with Gasteiger partial charge in [0.1, 0.15) is 28.2 Å². The second-order valence-electron chi connectivity index (χ2n) is 9.43. The van der Waals surface area contributed by atoms with E-state index >= 15 is 0 Å². The van der Waals surface area contributed by atoms with Gasteiger partial charge in [0.15, 0.2) is 0 Å². The van der Waals surface area contributed by atoms with Gasteiger partial charge in [0.05, 0.1) is 37.6 Å². The SMILES string of the molecule is CCOC(=O)c1sc2c(c1C)c(=O)n(CC(=O)NC(C)C)c(=O)n2C[C@H](OCCC#N)c1cc(F)ccc1CC. The Labute approximate surface area is 234 Å². The van der Waals surface area contributed by atoms with Crippen molar-refractivity contribution in [2.24, 2.45) is 0 Å². The van der Waals surface area contributed by atoms with Crippen LogP contribution in [0, 0.1) is 24.1 Å². The third-order valence-electron chi connectivity index (χ3n) is 6.22. The van der Waals surface area contributed by atoms with Gasteiger partial charge in [0.2, 0.25) is 5.91 Å². The van der Waals surface area contributed by atoms with Crippen LogP contribution in [0.15, 0.2) is 27.8 Å². The number of thiophene rings is 1. The van der Waals surface area contributed by atoms with Crippen molar-refractivity contribution >= 4 is 33.4 Å². The third-order valence-corrected chi connectivity index (χ3v) is 7.52. The lowest BCUT2D eigenvalue weighted by molar-refractivity contribution is -0.122. The zero-order chi connectivity index (χ0) is 29.6. The predicted molar refractivity (Wildman–Crippen MR) is 149 cm³/mol. The van der Waals surface area contributed by atoms with Crippen LogP contribution in [0.2, 0.25) is 0 Å². The second-order valence-corrected chi connectivity index (χ2v) is 10.4. The van der Waals surface area contributed by atoms with Crippen LogP contribution in [-0.2, 0) is 33.8 Å². The Morgan fingerprint density at radius 2 is 1.93 bits per heavy atom. The van der Waals surface area contributed by atoms with Crippen molar-refractivity contribution in [3.8, 4) is 6.07 Å². The summed E-state index contributed by atoms with van der Waals surface area (Å²) < 4.78 is 27.6. The van der Waals surface area contributed by atoms with Gasteiger partial charge in [-0.25, -0.2) is 14.0 Å². The molecule has 1 N–H and O–H groups in total. The van der Waals surface area contributed by atoms with Crippen molar-refractivity contribution in [2.45, 2.75) is 72.7 Å². The first-order chi connectivity index (χ1) is 19.0. The molecule has 0 radical (unpaired) electrons. The Kier molecular flexibility index (Phi) is 10.4. The first kappa shape index (κ1) is 30.7. The molecule has 12 heteroatoms. The fourth-order valence-electron chi connectivity index (χ4n) is 4.44. The van der Waals surface area contributed by atoms with E-state index in [4.69, 9.17) is 14.7 Å². The lowest BCUT2D eigenvalue weighted by Crippen LogP contribution is -2.45. The lowest BCUT2D eigenvalue weighted by Gasteiger charge is -2.23. The summed E-state index contributed by atoms with van der Waals surface area (Å²) in [6.45, 7) is 8.10. The number of rotatable bonds is 12. The van der Waals surface area contributed by atoms with Crippen LogP contribution in [0.5, 0.6) is 0 Å². The highest BCUT2D eigenvalue weighted by Crippen LogP contribution is 2.31. The van der Waals surface area contributed by atoms with Crippen LogP contribution in [0.25, 0.3) is 10.2 Å². The minimum Gasteiger partial charge on any atom is -0.462 e. The number of halogens is 1. The maximum atomic E-state index is 14.4. The van der Waals surface area contributed by atoms with Crippen molar-refractivity contribution in [3.63, 3.8) is 0 Å². The van der Waals surface area contributed by atoms with Crippen LogP contribution >= 0.6 is 11.3 Å². The number of fused-ring (bicyclic) bond motifs is 1. The molecule has 1 amide bonds. The first-order valence-electron chi connectivity index (χ1n) is 13.0. The highest BCUT2D eigenvalue weighted by atomic mass is 32.1. The van der Waals surface area contributed by atoms with Crippen molar-refractivity contribution in [2.75, 3.05) is 13.2 Å². The molecular formula is C28H33FN4O6S. The molecule has 0 saturated carbocycles. The van der Waals surface area contributed by atoms with Crippen molar-refractivity contribution in [1.82, 2.24) is 14.5 Å². The average Bonchev–Trinajstić information content (AvgIpc) is 3.24. The Hall–Kier alpha value is -3.82. The Balaban J connectivity index is 2.29. The topological polar surface area (TPSA) is 132 Å². The van der Waals surface area contributed by atoms with Gasteiger partial charge >= 0.3 is 11.7 Å². The highest BCUT2D eigenvalue weighted by Gasteiger charge is 2.27. The van der Waals surface area contributed by atoms with Gasteiger partial charge < -0.3 is 14.8 Å². The van der Waals surface area contributed by atoms with E-state index in [1.165, 1.54) is 16.7 Å². The number of hydrogen-bond donors (Lipinski definition) is 1. The Morgan fingerprint density at radius 3 is 2.55 bits per heavy atom. The summed E-state index contributed by atoms with van der Waals surface area (Å²) in [5.41, 5.74) is 0.122. The molecule has 0 aliphatic carbocycles. The molecule has 3 aromatic rings. The molecule has 0 unspecified atom stereocenters. The molecule has 10 nitrogen and oxygen atoms in total. The summed E-state index contributed by atoms with van der Waals surface area (Å²) >= 11 is 0.936. The number of carbonyl (C=O) groups is 2. The molecule has 0 saturated heterocycles. The first-order valence-corrected chi connectivity index (χ1v) is 13.9. The van der Waals surface area contributed by atoms with Crippen molar-refractivity contribution in [1.29, 1.82) is 5.26 Å². The van der Waals surface area contributed by atoms with E-state index in [2.05, 4.69) is 5.32 Å². The van der Waals surface area contributed by atoms with E-state index < -0.39 is 41.6 Å². The molecule has 214 valence electrons. The number of aromatic nitrogens is 2. The van der Waals surface area contributed by atoms with Crippen molar-refractivity contribution < 1.29 is 23.5 Å². The monoisotopic (exact) mass is 572 g/mol. The van der Waals surface area contributed by atoms with Crippen LogP contribution in [0.1, 0.15) is 66.6 Å². The number of benzene rings is 1. The number of nitrogens with zero attached hydrogens (tertiary/aromatic N) is 3. The van der Waals surface area contributed by atoms with Gasteiger partial charge in [-0.1, -0.05) is 13.0 Å². The molecule has 40 heavy (non-hydrogen) atoms. The molecule has 0 bridgehead atoms. The van der Waals surface area contributed by atoms with Crippen LogP contribution in [0.3, 0.4) is 0 Å². The number of amides is 1. The average molecular weight is 573 g/mol. The minimum absolute atomic E-state index is 0.0205. The number of hydrogen-bond acceptors (Lipinski definition) is 8. The van der Waals surface area contributed by atoms with Crippen LogP contribution in [-0.4, -0.2) is 40.3 Å². The lowest BCUT2D eigenvalue weighted by atomic mass is 9.99. The molecule has 0 fully saturated rings. The van der Waals surface area contributed by atoms with Crippen LogP contribution < -0.4 is 16.6 Å². The van der Waals surface area contributed by atoms with E-state index in [-0.39, 0.29) is 47.3 Å². The maximum absolute atomic E-state index is 14.4. The predicted octanol–water partition coefficient (Wildman–Crippen LogP) is 3.61. The quantitative estimate of drug-likeness (QED) is 0.259. The largest absolute Gasteiger partial charge is 0.462 e. The van der Waals surface area contributed by atoms with E-state index in [0.29, 0.717) is 17.5 Å². The third kappa shape index (κ3) is 6.66. The standard InChI is InChI=1S/C28H33FN4O6S/c1-6-18-9-10-19(29)13-20(18)21(39-12-8-11-30)14-33-26-23(17(5)24(40-26)27(36)38-7-2)25(35)32(28(33)37)15-22(34)31-16(3)4/h9-10,13,16,21H,6-8,12,14-15H2,1-5H3,(H,31,34)/t21-/m0/s1. The Bertz CT molecular complexity index is 1570.